The Labute approximate surface area is 147 Å². The fraction of sp³-hybridized carbons (Fsp3) is 0.444. The van der Waals surface area contributed by atoms with Crippen molar-refractivity contribution in [2.24, 2.45) is 5.92 Å². The summed E-state index contributed by atoms with van der Waals surface area (Å²) in [6, 6.07) is 2.46. The average Bonchev–Trinajstić information content (AvgIpc) is 3.06. The predicted octanol–water partition coefficient (Wildman–Crippen LogP) is 2.76. The molecule has 134 valence electrons. The standard InChI is InChI=1S/C18H24N4O3/c1-11(2)14(22-15(23)13-7-6-8-25-13)16(24)21-12-9-19-17(20-10-12)18(3,4)5/h6-11,14H,1-5H3,(H,21,24)(H,22,23)/t14-/m0/s1. The maximum atomic E-state index is 12.5. The Hall–Kier alpha value is -2.70. The molecule has 2 N–H and O–H groups in total. The summed E-state index contributed by atoms with van der Waals surface area (Å²) >= 11 is 0. The van der Waals surface area contributed by atoms with Gasteiger partial charge in [0.1, 0.15) is 11.9 Å². The Morgan fingerprint density at radius 3 is 2.28 bits per heavy atom. The first-order valence-electron chi connectivity index (χ1n) is 8.16. The number of nitrogens with zero attached hydrogens (tertiary/aromatic N) is 2. The third kappa shape index (κ3) is 4.89. The van der Waals surface area contributed by atoms with Gasteiger partial charge >= 0.3 is 0 Å². The molecule has 7 nitrogen and oxygen atoms in total. The van der Waals surface area contributed by atoms with Crippen LogP contribution in [0.3, 0.4) is 0 Å². The number of amides is 2. The van der Waals surface area contributed by atoms with Crippen molar-refractivity contribution in [3.8, 4) is 0 Å². The van der Waals surface area contributed by atoms with Crippen LogP contribution in [0, 0.1) is 5.92 Å². The topological polar surface area (TPSA) is 97.1 Å². The molecule has 2 aromatic heterocycles. The quantitative estimate of drug-likeness (QED) is 0.869. The van der Waals surface area contributed by atoms with E-state index in [1.165, 1.54) is 6.26 Å². The van der Waals surface area contributed by atoms with Gasteiger partial charge in [-0.2, -0.15) is 0 Å². The maximum Gasteiger partial charge on any atom is 0.287 e. The molecule has 0 radical (unpaired) electrons. The first-order valence-corrected chi connectivity index (χ1v) is 8.16. The number of aromatic nitrogens is 2. The Morgan fingerprint density at radius 2 is 1.80 bits per heavy atom. The van der Waals surface area contributed by atoms with E-state index in [9.17, 15) is 9.59 Å². The minimum Gasteiger partial charge on any atom is -0.459 e. The van der Waals surface area contributed by atoms with Crippen molar-refractivity contribution in [3.05, 3.63) is 42.4 Å². The van der Waals surface area contributed by atoms with Crippen molar-refractivity contribution >= 4 is 17.5 Å². The van der Waals surface area contributed by atoms with Gasteiger partial charge in [0, 0.05) is 5.41 Å². The number of anilines is 1. The van der Waals surface area contributed by atoms with E-state index in [2.05, 4.69) is 20.6 Å². The van der Waals surface area contributed by atoms with Gasteiger partial charge in [-0.15, -0.1) is 0 Å². The molecule has 2 rings (SSSR count). The predicted molar refractivity (Wildman–Crippen MR) is 94.2 cm³/mol. The van der Waals surface area contributed by atoms with Gasteiger partial charge in [-0.3, -0.25) is 9.59 Å². The van der Waals surface area contributed by atoms with Crippen molar-refractivity contribution in [3.63, 3.8) is 0 Å². The van der Waals surface area contributed by atoms with Crippen molar-refractivity contribution in [2.75, 3.05) is 5.32 Å². The van der Waals surface area contributed by atoms with E-state index in [4.69, 9.17) is 4.42 Å². The molecule has 0 aliphatic carbocycles. The van der Waals surface area contributed by atoms with Crippen LogP contribution in [-0.2, 0) is 10.2 Å². The summed E-state index contributed by atoms with van der Waals surface area (Å²) in [4.78, 5) is 33.2. The Morgan fingerprint density at radius 1 is 1.16 bits per heavy atom. The molecular formula is C18H24N4O3. The highest BCUT2D eigenvalue weighted by atomic mass is 16.3. The van der Waals surface area contributed by atoms with Gasteiger partial charge in [-0.25, -0.2) is 9.97 Å². The van der Waals surface area contributed by atoms with E-state index in [0.717, 1.165) is 0 Å². The second kappa shape index (κ2) is 7.46. The van der Waals surface area contributed by atoms with Gasteiger partial charge in [0.05, 0.1) is 24.3 Å². The number of carbonyl (C=O) groups is 2. The van der Waals surface area contributed by atoms with Gasteiger partial charge in [-0.1, -0.05) is 34.6 Å². The zero-order valence-electron chi connectivity index (χ0n) is 15.2. The lowest BCUT2D eigenvalue weighted by Crippen LogP contribution is -2.47. The minimum absolute atomic E-state index is 0.103. The van der Waals surface area contributed by atoms with Crippen LogP contribution in [-0.4, -0.2) is 27.8 Å². The van der Waals surface area contributed by atoms with Gasteiger partial charge in [-0.05, 0) is 18.1 Å². The number of hydrogen-bond donors (Lipinski definition) is 2. The molecule has 0 spiro atoms. The van der Waals surface area contributed by atoms with E-state index >= 15 is 0 Å². The normalized spacial score (nSPS) is 12.7. The molecule has 0 unspecified atom stereocenters. The molecule has 0 aromatic carbocycles. The molecule has 0 aliphatic rings. The molecule has 2 heterocycles. The molecule has 0 aliphatic heterocycles. The lowest BCUT2D eigenvalue weighted by molar-refractivity contribution is -0.118. The van der Waals surface area contributed by atoms with Crippen LogP contribution < -0.4 is 10.6 Å². The Balaban J connectivity index is 2.06. The molecular weight excluding hydrogens is 320 g/mol. The highest BCUT2D eigenvalue weighted by Gasteiger charge is 2.26. The van der Waals surface area contributed by atoms with E-state index in [0.29, 0.717) is 11.5 Å². The molecule has 0 fully saturated rings. The number of rotatable bonds is 5. The smallest absolute Gasteiger partial charge is 0.287 e. The van der Waals surface area contributed by atoms with E-state index < -0.39 is 11.9 Å². The second-order valence-electron chi connectivity index (χ2n) is 7.21. The fourth-order valence-corrected chi connectivity index (χ4v) is 2.15. The zero-order valence-corrected chi connectivity index (χ0v) is 15.2. The number of hydrogen-bond acceptors (Lipinski definition) is 5. The molecule has 0 saturated heterocycles. The van der Waals surface area contributed by atoms with E-state index in [1.807, 2.05) is 34.6 Å². The average molecular weight is 344 g/mol. The van der Waals surface area contributed by atoms with Crippen LogP contribution in [0.15, 0.2) is 35.2 Å². The third-order valence-corrected chi connectivity index (χ3v) is 3.57. The van der Waals surface area contributed by atoms with Gasteiger partial charge in [0.2, 0.25) is 5.91 Å². The first-order chi connectivity index (χ1) is 11.7. The second-order valence-corrected chi connectivity index (χ2v) is 7.21. The van der Waals surface area contributed by atoms with Crippen LogP contribution in [0.4, 0.5) is 5.69 Å². The summed E-state index contributed by atoms with van der Waals surface area (Å²) in [5.74, 6) is -0.0118. The molecule has 2 amide bonds. The van der Waals surface area contributed by atoms with Gasteiger partial charge < -0.3 is 15.1 Å². The number of nitrogens with one attached hydrogen (secondary N) is 2. The van der Waals surface area contributed by atoms with E-state index in [-0.39, 0.29) is 23.0 Å². The fourth-order valence-electron chi connectivity index (χ4n) is 2.15. The SMILES string of the molecule is CC(C)[C@H](NC(=O)c1ccco1)C(=O)Nc1cnc(C(C)(C)C)nc1. The van der Waals surface area contributed by atoms with Crippen molar-refractivity contribution < 1.29 is 14.0 Å². The Kier molecular flexibility index (Phi) is 5.56. The van der Waals surface area contributed by atoms with Crippen molar-refractivity contribution in [1.82, 2.24) is 15.3 Å². The lowest BCUT2D eigenvalue weighted by atomic mass is 9.96. The number of furan rings is 1. The van der Waals surface area contributed by atoms with Gasteiger partial charge in [0.15, 0.2) is 5.76 Å². The summed E-state index contributed by atoms with van der Waals surface area (Å²) < 4.78 is 5.06. The summed E-state index contributed by atoms with van der Waals surface area (Å²) in [6.45, 7) is 9.75. The largest absolute Gasteiger partial charge is 0.459 e. The van der Waals surface area contributed by atoms with Crippen LogP contribution in [0.25, 0.3) is 0 Å². The number of carbonyl (C=O) groups excluding carboxylic acids is 2. The molecule has 0 saturated carbocycles. The molecule has 1 atom stereocenters. The van der Waals surface area contributed by atoms with Crippen LogP contribution in [0.5, 0.6) is 0 Å². The van der Waals surface area contributed by atoms with Crippen LogP contribution in [0.2, 0.25) is 0 Å². The highest BCUT2D eigenvalue weighted by molar-refractivity contribution is 6.00. The van der Waals surface area contributed by atoms with Crippen molar-refractivity contribution in [2.45, 2.75) is 46.1 Å². The van der Waals surface area contributed by atoms with Crippen molar-refractivity contribution in [1.29, 1.82) is 0 Å². The van der Waals surface area contributed by atoms with E-state index in [1.54, 1.807) is 24.5 Å². The van der Waals surface area contributed by atoms with Gasteiger partial charge in [0.25, 0.3) is 5.91 Å². The lowest BCUT2D eigenvalue weighted by Gasteiger charge is -2.21. The monoisotopic (exact) mass is 344 g/mol. The van der Waals surface area contributed by atoms with Crippen LogP contribution >= 0.6 is 0 Å². The highest BCUT2D eigenvalue weighted by Crippen LogP contribution is 2.18. The Bertz CT molecular complexity index is 716. The summed E-state index contributed by atoms with van der Waals surface area (Å²) in [6.07, 6.45) is 4.54. The maximum absolute atomic E-state index is 12.5. The van der Waals surface area contributed by atoms with Crippen LogP contribution in [0.1, 0.15) is 51.0 Å². The third-order valence-electron chi connectivity index (χ3n) is 3.57. The molecule has 0 bridgehead atoms. The minimum atomic E-state index is -0.708. The summed E-state index contributed by atoms with van der Waals surface area (Å²) in [5, 5.41) is 5.43. The zero-order chi connectivity index (χ0) is 18.6. The summed E-state index contributed by atoms with van der Waals surface area (Å²) in [5.41, 5.74) is 0.316. The molecule has 7 heteroatoms. The summed E-state index contributed by atoms with van der Waals surface area (Å²) in [7, 11) is 0. The molecule has 2 aromatic rings. The molecule has 25 heavy (non-hydrogen) atoms. The first kappa shape index (κ1) is 18.6.